The van der Waals surface area contributed by atoms with Gasteiger partial charge in [-0.05, 0) is 30.3 Å². The van der Waals surface area contributed by atoms with E-state index in [1.165, 1.54) is 0 Å². The second-order valence-corrected chi connectivity index (χ2v) is 9.48. The second kappa shape index (κ2) is 8.99. The van der Waals surface area contributed by atoms with E-state index in [-0.39, 0.29) is 0 Å². The van der Waals surface area contributed by atoms with Crippen molar-refractivity contribution >= 4 is 33.0 Å². The van der Waals surface area contributed by atoms with Gasteiger partial charge in [-0.25, -0.2) is 19.9 Å². The Bertz CT molecular complexity index is 2080. The van der Waals surface area contributed by atoms with Gasteiger partial charge < -0.3 is 8.83 Å². The number of hydrogen-bond acceptors (Lipinski definition) is 6. The summed E-state index contributed by atoms with van der Waals surface area (Å²) < 4.78 is 12.5. The molecule has 3 aromatic heterocycles. The number of para-hydroxylation sites is 2. The predicted octanol–water partition coefficient (Wildman–Crippen LogP) is 8.58. The molecule has 0 fully saturated rings. The second-order valence-electron chi connectivity index (χ2n) is 9.48. The van der Waals surface area contributed by atoms with E-state index in [1.807, 2.05) is 121 Å². The van der Waals surface area contributed by atoms with Crippen molar-refractivity contribution < 1.29 is 8.83 Å². The highest BCUT2D eigenvalue weighted by Gasteiger charge is 2.21. The third-order valence-electron chi connectivity index (χ3n) is 6.99. The van der Waals surface area contributed by atoms with Crippen molar-refractivity contribution in [3.8, 4) is 45.6 Å². The molecule has 0 saturated carbocycles. The fraction of sp³-hybridized carbons (Fsp3) is 0. The Morgan fingerprint density at radius 1 is 0.375 bits per heavy atom. The molecular formula is C34H20N4O2. The van der Waals surface area contributed by atoms with Gasteiger partial charge in [-0.1, -0.05) is 91.0 Å². The number of oxazole rings is 1. The summed E-state index contributed by atoms with van der Waals surface area (Å²) in [6.07, 6.45) is 0. The lowest BCUT2D eigenvalue weighted by Gasteiger charge is -2.09. The topological polar surface area (TPSA) is 77.8 Å². The monoisotopic (exact) mass is 516 g/mol. The summed E-state index contributed by atoms with van der Waals surface area (Å²) in [6, 6.07) is 39.6. The molecular weight excluding hydrogens is 496 g/mol. The molecule has 0 unspecified atom stereocenters. The molecule has 0 atom stereocenters. The molecule has 6 heteroatoms. The molecule has 5 aromatic carbocycles. The molecule has 0 N–H and O–H groups in total. The highest BCUT2D eigenvalue weighted by Crippen LogP contribution is 2.41. The Labute approximate surface area is 228 Å². The van der Waals surface area contributed by atoms with Crippen LogP contribution in [0.25, 0.3) is 78.7 Å². The first-order chi connectivity index (χ1) is 19.8. The van der Waals surface area contributed by atoms with Crippen molar-refractivity contribution in [3.63, 3.8) is 0 Å². The Hall–Kier alpha value is -5.62. The number of nitrogens with zero attached hydrogens (tertiary/aromatic N) is 4. The van der Waals surface area contributed by atoms with Gasteiger partial charge in [-0.2, -0.15) is 0 Å². The molecule has 0 spiro atoms. The highest BCUT2D eigenvalue weighted by atomic mass is 16.3. The SMILES string of the molecule is c1ccc(-c2nc(-c3ccccc3)nc(-c3cccc4oc5cccc(-c6nc7ccccc7o6)c5c34)n2)cc1. The summed E-state index contributed by atoms with van der Waals surface area (Å²) in [5, 5.41) is 1.81. The lowest BCUT2D eigenvalue weighted by Crippen LogP contribution is -2.00. The van der Waals surface area contributed by atoms with Crippen LogP contribution in [0.5, 0.6) is 0 Å². The molecule has 0 aliphatic carbocycles. The highest BCUT2D eigenvalue weighted by molar-refractivity contribution is 6.17. The van der Waals surface area contributed by atoms with Crippen molar-refractivity contribution in [1.29, 1.82) is 0 Å². The van der Waals surface area contributed by atoms with Gasteiger partial charge in [0, 0.05) is 33.0 Å². The first-order valence-electron chi connectivity index (χ1n) is 13.0. The number of furan rings is 1. The fourth-order valence-corrected chi connectivity index (χ4v) is 5.15. The summed E-state index contributed by atoms with van der Waals surface area (Å²) >= 11 is 0. The normalized spacial score (nSPS) is 11.5. The third kappa shape index (κ3) is 3.66. The Balaban J connectivity index is 1.42. The summed E-state index contributed by atoms with van der Waals surface area (Å²) in [5.74, 6) is 2.31. The molecule has 188 valence electrons. The average Bonchev–Trinajstić information content (AvgIpc) is 3.63. The molecule has 0 bridgehead atoms. The van der Waals surface area contributed by atoms with Gasteiger partial charge in [0.05, 0.1) is 0 Å². The molecule has 0 aliphatic rings. The Kier molecular flexibility index (Phi) is 5.03. The minimum Gasteiger partial charge on any atom is -0.456 e. The molecule has 40 heavy (non-hydrogen) atoms. The summed E-state index contributed by atoms with van der Waals surface area (Å²) in [6.45, 7) is 0. The third-order valence-corrected chi connectivity index (χ3v) is 6.99. The first-order valence-corrected chi connectivity index (χ1v) is 13.0. The van der Waals surface area contributed by atoms with E-state index in [0.717, 1.165) is 55.3 Å². The van der Waals surface area contributed by atoms with Crippen LogP contribution in [0.4, 0.5) is 0 Å². The van der Waals surface area contributed by atoms with Crippen LogP contribution in [-0.4, -0.2) is 19.9 Å². The number of benzene rings is 5. The quantitative estimate of drug-likeness (QED) is 0.233. The molecule has 8 rings (SSSR count). The zero-order valence-corrected chi connectivity index (χ0v) is 21.2. The Morgan fingerprint density at radius 2 is 0.900 bits per heavy atom. The predicted molar refractivity (Wildman–Crippen MR) is 156 cm³/mol. The molecule has 0 aliphatic heterocycles. The minimum absolute atomic E-state index is 0.537. The van der Waals surface area contributed by atoms with Crippen LogP contribution < -0.4 is 0 Å². The van der Waals surface area contributed by atoms with E-state index in [2.05, 4.69) is 0 Å². The maximum absolute atomic E-state index is 6.34. The lowest BCUT2D eigenvalue weighted by molar-refractivity contribution is 0.620. The van der Waals surface area contributed by atoms with Crippen LogP contribution in [0, 0.1) is 0 Å². The van der Waals surface area contributed by atoms with Gasteiger partial charge in [0.15, 0.2) is 23.1 Å². The zero-order valence-electron chi connectivity index (χ0n) is 21.2. The summed E-state index contributed by atoms with van der Waals surface area (Å²) in [5.41, 5.74) is 6.54. The summed E-state index contributed by atoms with van der Waals surface area (Å²) in [4.78, 5) is 19.6. The van der Waals surface area contributed by atoms with Crippen molar-refractivity contribution in [2.24, 2.45) is 0 Å². The molecule has 0 radical (unpaired) electrons. The molecule has 8 aromatic rings. The maximum atomic E-state index is 6.34. The Morgan fingerprint density at radius 3 is 1.55 bits per heavy atom. The van der Waals surface area contributed by atoms with Crippen LogP contribution >= 0.6 is 0 Å². The number of rotatable bonds is 4. The van der Waals surface area contributed by atoms with Crippen LogP contribution in [0.15, 0.2) is 130 Å². The van der Waals surface area contributed by atoms with E-state index < -0.39 is 0 Å². The fourth-order valence-electron chi connectivity index (χ4n) is 5.15. The van der Waals surface area contributed by atoms with Gasteiger partial charge in [0.2, 0.25) is 5.89 Å². The van der Waals surface area contributed by atoms with E-state index in [9.17, 15) is 0 Å². The first kappa shape index (κ1) is 22.4. The summed E-state index contributed by atoms with van der Waals surface area (Å²) in [7, 11) is 0. The smallest absolute Gasteiger partial charge is 0.228 e. The van der Waals surface area contributed by atoms with Gasteiger partial charge in [0.1, 0.15) is 16.7 Å². The number of hydrogen-bond donors (Lipinski definition) is 0. The van der Waals surface area contributed by atoms with Crippen molar-refractivity contribution in [1.82, 2.24) is 19.9 Å². The molecule has 0 amide bonds. The van der Waals surface area contributed by atoms with Crippen LogP contribution in [-0.2, 0) is 0 Å². The van der Waals surface area contributed by atoms with Gasteiger partial charge in [-0.15, -0.1) is 0 Å². The number of fused-ring (bicyclic) bond motifs is 4. The van der Waals surface area contributed by atoms with Gasteiger partial charge in [-0.3, -0.25) is 0 Å². The number of aromatic nitrogens is 4. The van der Waals surface area contributed by atoms with Crippen LogP contribution in [0.1, 0.15) is 0 Å². The van der Waals surface area contributed by atoms with Gasteiger partial charge in [0.25, 0.3) is 0 Å². The standard InChI is InChI=1S/C34H20N4O2/c1-3-11-21(12-4-1)31-36-32(22-13-5-2-6-14-22)38-33(37-31)23-15-9-19-27-29(23)30-24(16-10-20-28(30)39-27)34-35-25-17-7-8-18-26(25)40-34/h1-20H. The average molecular weight is 517 g/mol. The largest absolute Gasteiger partial charge is 0.456 e. The molecule has 3 heterocycles. The molecule has 6 nitrogen and oxygen atoms in total. The van der Waals surface area contributed by atoms with Gasteiger partial charge >= 0.3 is 0 Å². The van der Waals surface area contributed by atoms with Crippen molar-refractivity contribution in [2.75, 3.05) is 0 Å². The van der Waals surface area contributed by atoms with Crippen molar-refractivity contribution in [3.05, 3.63) is 121 Å². The lowest BCUT2D eigenvalue weighted by atomic mass is 10.0. The maximum Gasteiger partial charge on any atom is 0.228 e. The van der Waals surface area contributed by atoms with Crippen LogP contribution in [0.3, 0.4) is 0 Å². The van der Waals surface area contributed by atoms with E-state index in [0.29, 0.717) is 23.4 Å². The zero-order chi connectivity index (χ0) is 26.5. The van der Waals surface area contributed by atoms with E-state index >= 15 is 0 Å². The van der Waals surface area contributed by atoms with Crippen molar-refractivity contribution in [2.45, 2.75) is 0 Å². The van der Waals surface area contributed by atoms with E-state index in [4.69, 9.17) is 28.8 Å². The van der Waals surface area contributed by atoms with Crippen LogP contribution in [0.2, 0.25) is 0 Å². The minimum atomic E-state index is 0.537. The van der Waals surface area contributed by atoms with E-state index in [1.54, 1.807) is 0 Å². The molecule has 0 saturated heterocycles.